The topological polar surface area (TPSA) is 24.5 Å². The Morgan fingerprint density at radius 3 is 2.43 bits per heavy atom. The molecule has 3 nitrogen and oxygen atoms in total. The molecular weight excluding hydrogens is 351 g/mol. The number of anilines is 1. The van der Waals surface area contributed by atoms with E-state index >= 15 is 4.39 Å². The molecule has 2 aromatic rings. The molecular formula is C24H33FN2O. The van der Waals surface area contributed by atoms with Crippen LogP contribution in [0.4, 0.5) is 10.1 Å². The molecule has 1 saturated heterocycles. The molecule has 0 aliphatic carbocycles. The van der Waals surface area contributed by atoms with E-state index in [-0.39, 0.29) is 12.0 Å². The molecule has 0 radical (unpaired) electrons. The summed E-state index contributed by atoms with van der Waals surface area (Å²) in [6.45, 7) is 8.20. The number of methoxy groups -OCH3 is 1. The number of ether oxygens (including phenoxy) is 1. The van der Waals surface area contributed by atoms with Gasteiger partial charge >= 0.3 is 0 Å². The highest BCUT2D eigenvalue weighted by molar-refractivity contribution is 5.56. The molecule has 3 unspecified atom stereocenters. The summed E-state index contributed by atoms with van der Waals surface area (Å²) in [5.41, 5.74) is 4.40. The third-order valence-electron chi connectivity index (χ3n) is 5.93. The molecule has 1 N–H and O–H groups in total. The van der Waals surface area contributed by atoms with Crippen LogP contribution in [-0.2, 0) is 11.2 Å². The molecule has 0 spiro atoms. The van der Waals surface area contributed by atoms with Gasteiger partial charge in [0.15, 0.2) is 0 Å². The highest BCUT2D eigenvalue weighted by Gasteiger charge is 2.25. The Morgan fingerprint density at radius 1 is 1.07 bits per heavy atom. The molecule has 0 aromatic heterocycles. The van der Waals surface area contributed by atoms with Crippen LogP contribution in [0.1, 0.15) is 49.0 Å². The summed E-state index contributed by atoms with van der Waals surface area (Å²) in [6.07, 6.45) is 0.294. The Labute approximate surface area is 168 Å². The molecule has 0 amide bonds. The number of halogens is 1. The standard InChI is InChI=1S/C24H33FN2O/c1-4-19-16-21(10-11-24(19)27-14-12-26-13-15-27)23(25)17-22(18(2)28-3)20-8-6-5-7-9-20/h5-11,16,18,22-23,26H,4,12-15,17H2,1-3H3. The van der Waals surface area contributed by atoms with E-state index in [9.17, 15) is 0 Å². The summed E-state index contributed by atoms with van der Waals surface area (Å²) in [5, 5.41) is 3.39. The smallest absolute Gasteiger partial charge is 0.126 e. The van der Waals surface area contributed by atoms with E-state index < -0.39 is 6.17 Å². The van der Waals surface area contributed by atoms with E-state index in [1.807, 2.05) is 31.2 Å². The molecule has 152 valence electrons. The van der Waals surface area contributed by atoms with Crippen LogP contribution in [0.3, 0.4) is 0 Å². The Balaban J connectivity index is 1.79. The minimum atomic E-state index is -1.01. The van der Waals surface area contributed by atoms with Crippen molar-refractivity contribution in [2.24, 2.45) is 0 Å². The third kappa shape index (κ3) is 4.92. The van der Waals surface area contributed by atoms with Crippen LogP contribution in [0.5, 0.6) is 0 Å². The summed E-state index contributed by atoms with van der Waals surface area (Å²) in [4.78, 5) is 2.41. The van der Waals surface area contributed by atoms with E-state index in [0.717, 1.165) is 43.7 Å². The number of alkyl halides is 1. The van der Waals surface area contributed by atoms with Crippen molar-refractivity contribution >= 4 is 5.69 Å². The second kappa shape index (κ2) is 10.0. The zero-order valence-electron chi connectivity index (χ0n) is 17.3. The number of benzene rings is 2. The Hall–Kier alpha value is -1.91. The molecule has 1 aliphatic heterocycles. The summed E-state index contributed by atoms with van der Waals surface area (Å²) < 4.78 is 20.9. The van der Waals surface area contributed by atoms with E-state index in [2.05, 4.69) is 41.4 Å². The van der Waals surface area contributed by atoms with Crippen LogP contribution in [0.2, 0.25) is 0 Å². The van der Waals surface area contributed by atoms with Gasteiger partial charge in [0.05, 0.1) is 6.10 Å². The fourth-order valence-electron chi connectivity index (χ4n) is 4.12. The van der Waals surface area contributed by atoms with Gasteiger partial charge in [-0.2, -0.15) is 0 Å². The molecule has 3 atom stereocenters. The Bertz CT molecular complexity index is 731. The first kappa shape index (κ1) is 20.8. The molecule has 1 fully saturated rings. The lowest BCUT2D eigenvalue weighted by molar-refractivity contribution is 0.0813. The second-order valence-electron chi connectivity index (χ2n) is 7.64. The fourth-order valence-corrected chi connectivity index (χ4v) is 4.12. The quantitative estimate of drug-likeness (QED) is 0.702. The lowest BCUT2D eigenvalue weighted by atomic mass is 9.87. The SMILES string of the molecule is CCc1cc(C(F)CC(c2ccccc2)C(C)OC)ccc1N1CCNCC1. The van der Waals surface area contributed by atoms with Crippen molar-refractivity contribution in [3.05, 3.63) is 65.2 Å². The van der Waals surface area contributed by atoms with Crippen LogP contribution in [0, 0.1) is 0 Å². The van der Waals surface area contributed by atoms with E-state index in [0.29, 0.717) is 6.42 Å². The second-order valence-corrected chi connectivity index (χ2v) is 7.64. The molecule has 0 saturated carbocycles. The number of nitrogens with zero attached hydrogens (tertiary/aromatic N) is 1. The van der Waals surface area contributed by atoms with E-state index in [4.69, 9.17) is 4.74 Å². The summed E-state index contributed by atoms with van der Waals surface area (Å²) in [5.74, 6) is 0.0270. The summed E-state index contributed by atoms with van der Waals surface area (Å²) in [6, 6.07) is 16.3. The summed E-state index contributed by atoms with van der Waals surface area (Å²) in [7, 11) is 1.70. The first-order chi connectivity index (χ1) is 13.6. The predicted molar refractivity (Wildman–Crippen MR) is 115 cm³/mol. The average Bonchev–Trinajstić information content (AvgIpc) is 2.77. The number of hydrogen-bond donors (Lipinski definition) is 1. The van der Waals surface area contributed by atoms with Crippen molar-refractivity contribution in [3.63, 3.8) is 0 Å². The molecule has 1 heterocycles. The lowest BCUT2D eigenvalue weighted by Crippen LogP contribution is -2.43. The van der Waals surface area contributed by atoms with E-state index in [1.54, 1.807) is 7.11 Å². The predicted octanol–water partition coefficient (Wildman–Crippen LogP) is 4.88. The lowest BCUT2D eigenvalue weighted by Gasteiger charge is -2.31. The van der Waals surface area contributed by atoms with Gasteiger partial charge in [0.1, 0.15) is 6.17 Å². The van der Waals surface area contributed by atoms with Crippen LogP contribution in [0.25, 0.3) is 0 Å². The maximum atomic E-state index is 15.4. The molecule has 2 aromatic carbocycles. The van der Waals surface area contributed by atoms with Gasteiger partial charge in [0.25, 0.3) is 0 Å². The molecule has 4 heteroatoms. The van der Waals surface area contributed by atoms with Gasteiger partial charge in [-0.25, -0.2) is 4.39 Å². The van der Waals surface area contributed by atoms with Gasteiger partial charge in [0.2, 0.25) is 0 Å². The average molecular weight is 385 g/mol. The van der Waals surface area contributed by atoms with E-state index in [1.165, 1.54) is 11.3 Å². The maximum Gasteiger partial charge on any atom is 0.126 e. The third-order valence-corrected chi connectivity index (χ3v) is 5.93. The van der Waals surface area contributed by atoms with Crippen LogP contribution in [-0.4, -0.2) is 39.4 Å². The van der Waals surface area contributed by atoms with Crippen molar-refractivity contribution in [2.75, 3.05) is 38.2 Å². The molecule has 0 bridgehead atoms. The van der Waals surface area contributed by atoms with Gasteiger partial charge in [0, 0.05) is 44.9 Å². The monoisotopic (exact) mass is 384 g/mol. The van der Waals surface area contributed by atoms with Gasteiger partial charge in [-0.15, -0.1) is 0 Å². The van der Waals surface area contributed by atoms with Crippen LogP contribution >= 0.6 is 0 Å². The number of piperazine rings is 1. The van der Waals surface area contributed by atoms with Crippen molar-refractivity contribution in [1.82, 2.24) is 5.32 Å². The van der Waals surface area contributed by atoms with Gasteiger partial charge < -0.3 is 15.0 Å². The zero-order chi connectivity index (χ0) is 19.9. The Kier molecular flexibility index (Phi) is 7.46. The van der Waals surface area contributed by atoms with Crippen molar-refractivity contribution in [3.8, 4) is 0 Å². The van der Waals surface area contributed by atoms with Crippen LogP contribution < -0.4 is 10.2 Å². The normalized spacial score (nSPS) is 17.9. The molecule has 28 heavy (non-hydrogen) atoms. The number of hydrogen-bond acceptors (Lipinski definition) is 3. The highest BCUT2D eigenvalue weighted by atomic mass is 19.1. The number of nitrogens with one attached hydrogen (secondary N) is 1. The minimum Gasteiger partial charge on any atom is -0.381 e. The first-order valence-electron chi connectivity index (χ1n) is 10.4. The van der Waals surface area contributed by atoms with Gasteiger partial charge in [-0.3, -0.25) is 0 Å². The fraction of sp³-hybridized carbons (Fsp3) is 0.500. The van der Waals surface area contributed by atoms with Gasteiger partial charge in [-0.1, -0.05) is 49.4 Å². The van der Waals surface area contributed by atoms with Crippen molar-refractivity contribution in [1.29, 1.82) is 0 Å². The van der Waals surface area contributed by atoms with Crippen molar-refractivity contribution < 1.29 is 9.13 Å². The minimum absolute atomic E-state index is 0.0270. The van der Waals surface area contributed by atoms with Crippen molar-refractivity contribution in [2.45, 2.75) is 44.9 Å². The number of rotatable bonds is 8. The zero-order valence-corrected chi connectivity index (χ0v) is 17.3. The molecule has 1 aliphatic rings. The number of aryl methyl sites for hydroxylation is 1. The van der Waals surface area contributed by atoms with Crippen LogP contribution in [0.15, 0.2) is 48.5 Å². The molecule has 3 rings (SSSR count). The summed E-state index contributed by atoms with van der Waals surface area (Å²) >= 11 is 0. The highest BCUT2D eigenvalue weighted by Crippen LogP contribution is 2.36. The Morgan fingerprint density at radius 2 is 1.79 bits per heavy atom. The largest absolute Gasteiger partial charge is 0.381 e. The first-order valence-corrected chi connectivity index (χ1v) is 10.4. The van der Waals surface area contributed by atoms with Gasteiger partial charge in [-0.05, 0) is 42.5 Å². The maximum absolute atomic E-state index is 15.4.